The van der Waals surface area contributed by atoms with Gasteiger partial charge in [-0.25, -0.2) is 9.37 Å². The zero-order valence-electron chi connectivity index (χ0n) is 46.2. The van der Waals surface area contributed by atoms with Crippen molar-refractivity contribution in [1.82, 2.24) is 9.55 Å². The van der Waals surface area contributed by atoms with E-state index in [1.807, 2.05) is 56.4 Å². The van der Waals surface area contributed by atoms with E-state index in [0.29, 0.717) is 17.2 Å². The van der Waals surface area contributed by atoms with Crippen LogP contribution < -0.4 is 14.5 Å². The molecular formula is C69H64FN4OPt-3. The third-order valence-electron chi connectivity index (χ3n) is 14.5. The van der Waals surface area contributed by atoms with Crippen molar-refractivity contribution in [3.63, 3.8) is 0 Å². The van der Waals surface area contributed by atoms with Gasteiger partial charge in [0.2, 0.25) is 0 Å². The Kier molecular flexibility index (Phi) is 13.4. The number of hydrogen-bond acceptors (Lipinski definition) is 4. The summed E-state index contributed by atoms with van der Waals surface area (Å²) in [6.07, 6.45) is 1.88. The molecule has 1 aliphatic heterocycles. The van der Waals surface area contributed by atoms with E-state index in [0.717, 1.165) is 83.6 Å². The standard InChI is InChI=1S/C69H64FN4O.Pt/c1-44(2)47-35-54(41-56(36-47)75-55-29-30-58-57-21-15-16-22-61(57)74(64(58)42-55)65-40-50(31-32-71-65)67(3,4)5)72-43-73(63-24-18-17-23-62(63)72)66-59(46-25-27-53(70)28-26-46)37-48(45-19-13-12-14-20-45)38-60(66)49-33-51(68(6,7)8)39-52(34-49)69(9,10)11;/h12-40,43-44H,1-11H3;/q-3;/i44D;. The summed E-state index contributed by atoms with van der Waals surface area (Å²) in [6.45, 7) is 26.2. The first-order valence-corrected chi connectivity index (χ1v) is 25.9. The number of nitrogens with zero attached hydrogens (tertiary/aromatic N) is 4. The molecule has 386 valence electrons. The van der Waals surface area contributed by atoms with Gasteiger partial charge in [-0.1, -0.05) is 173 Å². The second kappa shape index (κ2) is 20.0. The summed E-state index contributed by atoms with van der Waals surface area (Å²) in [5.74, 6) is 0.483. The van der Waals surface area contributed by atoms with E-state index >= 15 is 0 Å². The van der Waals surface area contributed by atoms with Gasteiger partial charge in [0.25, 0.3) is 0 Å². The fourth-order valence-electron chi connectivity index (χ4n) is 10.2. The summed E-state index contributed by atoms with van der Waals surface area (Å²) >= 11 is 0. The van der Waals surface area contributed by atoms with E-state index in [2.05, 4.69) is 217 Å². The van der Waals surface area contributed by atoms with Crippen LogP contribution in [0.1, 0.15) is 106 Å². The van der Waals surface area contributed by atoms with Crippen LogP contribution in [-0.4, -0.2) is 9.55 Å². The first-order valence-electron chi connectivity index (χ1n) is 26.4. The van der Waals surface area contributed by atoms with Gasteiger partial charge in [-0.3, -0.25) is 0 Å². The molecule has 76 heavy (non-hydrogen) atoms. The molecular weight excluding hydrogens is 1110 g/mol. The molecule has 0 radical (unpaired) electrons. The minimum atomic E-state index is -0.996. The summed E-state index contributed by atoms with van der Waals surface area (Å²) in [5.41, 5.74) is 15.5. The minimum absolute atomic E-state index is 0. The molecule has 0 N–H and O–H groups in total. The maximum atomic E-state index is 14.9. The van der Waals surface area contributed by atoms with Crippen LogP contribution in [0.15, 0.2) is 176 Å². The molecule has 1 aliphatic rings. The van der Waals surface area contributed by atoms with Crippen molar-refractivity contribution >= 4 is 44.6 Å². The molecule has 7 heteroatoms. The van der Waals surface area contributed by atoms with Crippen molar-refractivity contribution < 1.29 is 31.6 Å². The van der Waals surface area contributed by atoms with Crippen molar-refractivity contribution in [1.29, 1.82) is 0 Å². The van der Waals surface area contributed by atoms with E-state index in [-0.39, 0.29) is 43.1 Å². The predicted molar refractivity (Wildman–Crippen MR) is 311 cm³/mol. The maximum Gasteiger partial charge on any atom is 0.135 e. The SMILES string of the molecule is [2H]C(C)(C)c1cc(Oc2[c-]c3c(cc2)c2ccccc2n3-c2cc(C(C)(C)C)ccn2)[c-]c(N2[CH-]N(c3c(-c4ccc(F)cc4)cc(-c4ccccc4)cc3-c3cc(C(C)(C)C)cc(C(C)(C)C)c3)c3ccccc32)c1.[Pt]. The number of para-hydroxylation sites is 3. The summed E-state index contributed by atoms with van der Waals surface area (Å²) in [7, 11) is 0. The summed E-state index contributed by atoms with van der Waals surface area (Å²) in [5, 5.41) is 2.13. The number of pyridine rings is 1. The minimum Gasteiger partial charge on any atom is -0.509 e. The quantitative estimate of drug-likeness (QED) is 0.135. The van der Waals surface area contributed by atoms with Crippen LogP contribution in [0.2, 0.25) is 0 Å². The smallest absolute Gasteiger partial charge is 0.135 e. The molecule has 0 spiro atoms. The first-order chi connectivity index (χ1) is 36.1. The molecule has 0 bridgehead atoms. The average Bonchev–Trinajstić information content (AvgIpc) is 4.11. The molecule has 0 saturated carbocycles. The van der Waals surface area contributed by atoms with E-state index < -0.39 is 5.89 Å². The average molecular weight is 1180 g/mol. The van der Waals surface area contributed by atoms with Crippen molar-refractivity contribution in [2.24, 2.45) is 0 Å². The molecule has 0 saturated heterocycles. The van der Waals surface area contributed by atoms with Crippen LogP contribution in [0, 0.1) is 24.6 Å². The largest absolute Gasteiger partial charge is 0.509 e. The van der Waals surface area contributed by atoms with Crippen LogP contribution in [0.5, 0.6) is 11.5 Å². The number of rotatable bonds is 9. The Morgan fingerprint density at radius 2 is 1.17 bits per heavy atom. The number of fused-ring (bicyclic) bond motifs is 4. The van der Waals surface area contributed by atoms with Gasteiger partial charge in [-0.2, -0.15) is 6.07 Å². The Morgan fingerprint density at radius 1 is 0.553 bits per heavy atom. The zero-order valence-corrected chi connectivity index (χ0v) is 47.5. The van der Waals surface area contributed by atoms with Crippen LogP contribution >= 0.6 is 0 Å². The fraction of sp³-hybridized carbons (Fsp3) is 0.217. The number of aromatic nitrogens is 2. The molecule has 0 fully saturated rings. The second-order valence-electron chi connectivity index (χ2n) is 23.2. The third-order valence-corrected chi connectivity index (χ3v) is 14.5. The van der Waals surface area contributed by atoms with Gasteiger partial charge < -0.3 is 19.1 Å². The van der Waals surface area contributed by atoms with Crippen LogP contribution in [0.25, 0.3) is 61.0 Å². The van der Waals surface area contributed by atoms with Crippen molar-refractivity contribution in [3.05, 3.63) is 223 Å². The van der Waals surface area contributed by atoms with Crippen LogP contribution in [0.3, 0.4) is 0 Å². The van der Waals surface area contributed by atoms with Gasteiger partial charge in [0, 0.05) is 73.8 Å². The molecule has 5 nitrogen and oxygen atoms in total. The topological polar surface area (TPSA) is 33.5 Å². The van der Waals surface area contributed by atoms with Gasteiger partial charge in [-0.05, 0) is 121 Å². The fourth-order valence-corrected chi connectivity index (χ4v) is 10.2. The molecule has 11 rings (SSSR count). The number of hydrogen-bond donors (Lipinski definition) is 0. The molecule has 10 aromatic rings. The van der Waals surface area contributed by atoms with E-state index in [9.17, 15) is 5.76 Å². The van der Waals surface area contributed by atoms with Gasteiger partial charge in [0.1, 0.15) is 11.6 Å². The van der Waals surface area contributed by atoms with Gasteiger partial charge >= 0.3 is 0 Å². The molecule has 0 aliphatic carbocycles. The Bertz CT molecular complexity index is 3810. The van der Waals surface area contributed by atoms with Crippen molar-refractivity contribution in [2.45, 2.75) is 98.3 Å². The Balaban J connectivity index is 0.00000672. The molecule has 2 aromatic heterocycles. The molecule has 8 aromatic carbocycles. The molecule has 3 heterocycles. The van der Waals surface area contributed by atoms with E-state index in [1.165, 1.54) is 16.7 Å². The van der Waals surface area contributed by atoms with E-state index in [1.54, 1.807) is 12.1 Å². The van der Waals surface area contributed by atoms with Gasteiger partial charge in [0.05, 0.1) is 0 Å². The van der Waals surface area contributed by atoms with Gasteiger partial charge in [-0.15, -0.1) is 53.6 Å². The zero-order chi connectivity index (χ0) is 53.5. The van der Waals surface area contributed by atoms with Crippen molar-refractivity contribution in [2.75, 3.05) is 9.80 Å². The maximum absolute atomic E-state index is 14.9. The summed E-state index contributed by atoms with van der Waals surface area (Å²) < 4.78 is 33.4. The van der Waals surface area contributed by atoms with E-state index in [4.69, 9.17) is 9.72 Å². The second-order valence-corrected chi connectivity index (χ2v) is 23.2. The predicted octanol–water partition coefficient (Wildman–Crippen LogP) is 19.1. The first kappa shape index (κ1) is 50.9. The normalized spacial score (nSPS) is 13.2. The summed E-state index contributed by atoms with van der Waals surface area (Å²) in [6, 6.07) is 65.3. The molecule has 0 atom stereocenters. The number of anilines is 4. The number of benzene rings is 8. The monoisotopic (exact) mass is 1180 g/mol. The summed E-state index contributed by atoms with van der Waals surface area (Å²) in [4.78, 5) is 9.31. The Morgan fingerprint density at radius 3 is 1.83 bits per heavy atom. The molecule has 0 amide bonds. The third kappa shape index (κ3) is 10.0. The number of ether oxygens (including phenoxy) is 1. The Labute approximate surface area is 464 Å². The Hall–Kier alpha value is -7.27. The van der Waals surface area contributed by atoms with Crippen molar-refractivity contribution in [3.8, 4) is 50.7 Å². The van der Waals surface area contributed by atoms with Crippen LogP contribution in [0.4, 0.5) is 27.1 Å². The molecule has 0 unspecified atom stereocenters. The van der Waals surface area contributed by atoms with Crippen LogP contribution in [-0.2, 0) is 37.3 Å². The number of halogens is 1. The van der Waals surface area contributed by atoms with Gasteiger partial charge in [0.15, 0.2) is 0 Å².